The largest absolute Gasteiger partial charge is 0.449 e. The molecule has 0 aliphatic rings. The van der Waals surface area contributed by atoms with Crippen molar-refractivity contribution < 1.29 is 32.8 Å². The van der Waals surface area contributed by atoms with Gasteiger partial charge in [-0.2, -0.15) is 8.78 Å². The summed E-state index contributed by atoms with van der Waals surface area (Å²) < 4.78 is 34.0. The molecule has 0 aromatic heterocycles. The first-order chi connectivity index (χ1) is 12.8. The molecule has 0 spiro atoms. The zero-order valence-corrected chi connectivity index (χ0v) is 13.9. The average molecular weight is 380 g/mol. The Balaban J connectivity index is 2.01. The number of benzene rings is 2. The molecule has 0 aliphatic heterocycles. The molecule has 0 saturated carbocycles. The average Bonchev–Trinajstić information content (AvgIpc) is 2.61. The lowest BCUT2D eigenvalue weighted by Gasteiger charge is -2.15. The van der Waals surface area contributed by atoms with Gasteiger partial charge in [0.2, 0.25) is 0 Å². The summed E-state index contributed by atoms with van der Waals surface area (Å²) in [6, 6.07) is 10.3. The van der Waals surface area contributed by atoms with Crippen LogP contribution in [0.3, 0.4) is 0 Å². The maximum atomic E-state index is 12.4. The minimum atomic E-state index is -3.12. The normalized spacial score (nSPS) is 11.6. The number of halogens is 2. The van der Waals surface area contributed by atoms with Crippen LogP contribution >= 0.6 is 0 Å². The van der Waals surface area contributed by atoms with Crippen LogP contribution in [0.4, 0.5) is 20.2 Å². The minimum Gasteiger partial charge on any atom is -0.449 e. The molecule has 27 heavy (non-hydrogen) atoms. The Hall–Kier alpha value is -3.56. The van der Waals surface area contributed by atoms with Crippen molar-refractivity contribution in [3.63, 3.8) is 0 Å². The number of para-hydroxylation sites is 1. The Labute approximate surface area is 151 Å². The summed E-state index contributed by atoms with van der Waals surface area (Å²) in [4.78, 5) is 34.2. The number of non-ortho nitro benzene ring substituents is 1. The van der Waals surface area contributed by atoms with Crippen molar-refractivity contribution in [3.8, 4) is 5.75 Å². The molecule has 0 bridgehead atoms. The highest BCUT2D eigenvalue weighted by molar-refractivity contribution is 5.98. The third kappa shape index (κ3) is 5.46. The molecule has 10 heteroatoms. The highest BCUT2D eigenvalue weighted by Crippen LogP contribution is 2.22. The van der Waals surface area contributed by atoms with Crippen LogP contribution in [-0.2, 0) is 9.53 Å². The molecule has 2 aromatic rings. The lowest BCUT2D eigenvalue weighted by atomic mass is 10.2. The van der Waals surface area contributed by atoms with Gasteiger partial charge in [-0.3, -0.25) is 14.9 Å². The molecule has 1 amide bonds. The number of hydrogen-bond donors (Lipinski definition) is 1. The minimum absolute atomic E-state index is 0.150. The monoisotopic (exact) mass is 380 g/mol. The SMILES string of the molecule is CC(OC(=O)c1ccccc1OC(F)F)C(=O)Nc1ccc([N+](=O)[O-])cc1. The maximum absolute atomic E-state index is 12.4. The Bertz CT molecular complexity index is 842. The zero-order chi connectivity index (χ0) is 20.0. The van der Waals surface area contributed by atoms with Crippen LogP contribution in [-0.4, -0.2) is 29.5 Å². The summed E-state index contributed by atoms with van der Waals surface area (Å²) in [5.41, 5.74) is -0.147. The first kappa shape index (κ1) is 19.8. The summed E-state index contributed by atoms with van der Waals surface area (Å²) >= 11 is 0. The van der Waals surface area contributed by atoms with E-state index in [1.54, 1.807) is 0 Å². The van der Waals surface area contributed by atoms with Crippen LogP contribution in [0, 0.1) is 10.1 Å². The maximum Gasteiger partial charge on any atom is 0.387 e. The van der Waals surface area contributed by atoms with Gasteiger partial charge >= 0.3 is 12.6 Å². The fraction of sp³-hybridized carbons (Fsp3) is 0.176. The van der Waals surface area contributed by atoms with Crippen LogP contribution in [0.1, 0.15) is 17.3 Å². The van der Waals surface area contributed by atoms with Crippen LogP contribution < -0.4 is 10.1 Å². The van der Waals surface area contributed by atoms with Crippen molar-refractivity contribution in [2.24, 2.45) is 0 Å². The fourth-order valence-electron chi connectivity index (χ4n) is 2.02. The second-order valence-electron chi connectivity index (χ2n) is 5.22. The van der Waals surface area contributed by atoms with Gasteiger partial charge in [0.05, 0.1) is 4.92 Å². The van der Waals surface area contributed by atoms with E-state index < -0.39 is 29.5 Å². The van der Waals surface area contributed by atoms with Crippen LogP contribution in [0.2, 0.25) is 0 Å². The predicted molar refractivity (Wildman–Crippen MR) is 89.7 cm³/mol. The Morgan fingerprint density at radius 2 is 1.74 bits per heavy atom. The van der Waals surface area contributed by atoms with Crippen molar-refractivity contribution in [2.45, 2.75) is 19.6 Å². The summed E-state index contributed by atoms with van der Waals surface area (Å²) in [5.74, 6) is -2.09. The van der Waals surface area contributed by atoms with Crippen molar-refractivity contribution in [2.75, 3.05) is 5.32 Å². The zero-order valence-electron chi connectivity index (χ0n) is 13.9. The molecule has 0 aliphatic carbocycles. The van der Waals surface area contributed by atoms with Crippen molar-refractivity contribution in [3.05, 3.63) is 64.2 Å². The standard InChI is InChI=1S/C17H14F2N2O6/c1-10(15(22)20-11-6-8-12(9-7-11)21(24)25)26-16(23)13-4-2-3-5-14(13)27-17(18)19/h2-10,17H,1H3,(H,20,22). The number of rotatable bonds is 7. The molecule has 142 valence electrons. The van der Waals surface area contributed by atoms with E-state index in [1.165, 1.54) is 55.5 Å². The number of carbonyl (C=O) groups excluding carboxylic acids is 2. The quantitative estimate of drug-likeness (QED) is 0.448. The topological polar surface area (TPSA) is 108 Å². The molecule has 0 radical (unpaired) electrons. The number of nitro groups is 1. The number of esters is 1. The molecule has 1 N–H and O–H groups in total. The van der Waals surface area contributed by atoms with Crippen LogP contribution in [0.15, 0.2) is 48.5 Å². The third-order valence-corrected chi connectivity index (χ3v) is 3.32. The number of amides is 1. The van der Waals surface area contributed by atoms with Gasteiger partial charge < -0.3 is 14.8 Å². The van der Waals surface area contributed by atoms with E-state index in [1.807, 2.05) is 0 Å². The van der Waals surface area contributed by atoms with Crippen molar-refractivity contribution >= 4 is 23.3 Å². The van der Waals surface area contributed by atoms with Gasteiger partial charge in [-0.05, 0) is 31.2 Å². The van der Waals surface area contributed by atoms with E-state index in [4.69, 9.17) is 4.74 Å². The van der Waals surface area contributed by atoms with Gasteiger partial charge in [-0.15, -0.1) is 0 Å². The summed E-state index contributed by atoms with van der Waals surface area (Å²) in [7, 11) is 0. The van der Waals surface area contributed by atoms with E-state index in [0.717, 1.165) is 0 Å². The molecule has 0 heterocycles. The number of alkyl halides is 2. The number of carbonyl (C=O) groups is 2. The molecule has 2 aromatic carbocycles. The van der Waals surface area contributed by atoms with Gasteiger partial charge in [-0.1, -0.05) is 12.1 Å². The number of nitrogens with one attached hydrogen (secondary N) is 1. The van der Waals surface area contributed by atoms with E-state index in [2.05, 4.69) is 10.1 Å². The number of nitrogens with zero attached hydrogens (tertiary/aromatic N) is 1. The lowest BCUT2D eigenvalue weighted by Crippen LogP contribution is -2.30. The van der Waals surface area contributed by atoms with Gasteiger partial charge in [0, 0.05) is 17.8 Å². The summed E-state index contributed by atoms with van der Waals surface area (Å²) in [6.45, 7) is -1.84. The van der Waals surface area contributed by atoms with Crippen LogP contribution in [0.25, 0.3) is 0 Å². The first-order valence-corrected chi connectivity index (χ1v) is 7.58. The smallest absolute Gasteiger partial charge is 0.387 e. The Morgan fingerprint density at radius 3 is 2.33 bits per heavy atom. The molecular weight excluding hydrogens is 366 g/mol. The van der Waals surface area contributed by atoms with E-state index in [9.17, 15) is 28.5 Å². The fourth-order valence-corrected chi connectivity index (χ4v) is 2.02. The Kier molecular flexibility index (Phi) is 6.36. The summed E-state index contributed by atoms with van der Waals surface area (Å²) in [6.07, 6.45) is -1.26. The second-order valence-corrected chi connectivity index (χ2v) is 5.22. The highest BCUT2D eigenvalue weighted by atomic mass is 19.3. The molecule has 0 saturated heterocycles. The van der Waals surface area contributed by atoms with E-state index >= 15 is 0 Å². The van der Waals surface area contributed by atoms with Crippen molar-refractivity contribution in [1.29, 1.82) is 0 Å². The molecule has 0 fully saturated rings. The lowest BCUT2D eigenvalue weighted by molar-refractivity contribution is -0.384. The number of ether oxygens (including phenoxy) is 2. The molecule has 2 rings (SSSR count). The van der Waals surface area contributed by atoms with Crippen LogP contribution in [0.5, 0.6) is 5.75 Å². The van der Waals surface area contributed by atoms with Gasteiger partial charge in [-0.25, -0.2) is 4.79 Å². The molecule has 8 nitrogen and oxygen atoms in total. The third-order valence-electron chi connectivity index (χ3n) is 3.32. The second kappa shape index (κ2) is 8.70. The number of anilines is 1. The first-order valence-electron chi connectivity index (χ1n) is 7.58. The summed E-state index contributed by atoms with van der Waals surface area (Å²) in [5, 5.41) is 13.0. The van der Waals surface area contributed by atoms with Gasteiger partial charge in [0.25, 0.3) is 11.6 Å². The predicted octanol–water partition coefficient (Wildman–Crippen LogP) is 3.38. The molecule has 1 unspecified atom stereocenters. The van der Waals surface area contributed by atoms with Crippen molar-refractivity contribution in [1.82, 2.24) is 0 Å². The number of hydrogen-bond acceptors (Lipinski definition) is 6. The highest BCUT2D eigenvalue weighted by Gasteiger charge is 2.22. The molecule has 1 atom stereocenters. The Morgan fingerprint density at radius 1 is 1.11 bits per heavy atom. The van der Waals surface area contributed by atoms with Gasteiger partial charge in [0.15, 0.2) is 6.10 Å². The van der Waals surface area contributed by atoms with E-state index in [0.29, 0.717) is 0 Å². The number of nitro benzene ring substituents is 1. The van der Waals surface area contributed by atoms with Gasteiger partial charge in [0.1, 0.15) is 11.3 Å². The van der Waals surface area contributed by atoms with E-state index in [-0.39, 0.29) is 22.7 Å². The molecular formula is C17H14F2N2O6.